The number of ether oxygens (including phenoxy) is 1. The Hall–Kier alpha value is -0.540. The molecule has 1 aliphatic carbocycles. The highest BCUT2D eigenvalue weighted by Crippen LogP contribution is 2.31. The van der Waals surface area contributed by atoms with Crippen LogP contribution in [0.3, 0.4) is 0 Å². The first-order chi connectivity index (χ1) is 8.19. The third-order valence-corrected chi connectivity index (χ3v) is 3.98. The van der Waals surface area contributed by atoms with Gasteiger partial charge < -0.3 is 9.84 Å². The summed E-state index contributed by atoms with van der Waals surface area (Å²) in [7, 11) is 0. The number of hydrogen-bond acceptors (Lipinski definition) is 2. The van der Waals surface area contributed by atoms with Crippen LogP contribution in [0.5, 0.6) is 5.75 Å². The summed E-state index contributed by atoms with van der Waals surface area (Å²) in [6.07, 6.45) is 5.23. The lowest BCUT2D eigenvalue weighted by Crippen LogP contribution is -2.24. The monoisotopic (exact) mass is 298 g/mol. The lowest BCUT2D eigenvalue weighted by molar-refractivity contribution is 0.128. The van der Waals surface area contributed by atoms with Crippen molar-refractivity contribution in [3.63, 3.8) is 0 Å². The molecule has 1 aromatic carbocycles. The van der Waals surface area contributed by atoms with Gasteiger partial charge in [-0.05, 0) is 58.8 Å². The first-order valence-corrected chi connectivity index (χ1v) is 7.04. The van der Waals surface area contributed by atoms with Crippen LogP contribution in [0.1, 0.15) is 38.2 Å². The van der Waals surface area contributed by atoms with Crippen LogP contribution in [0.4, 0.5) is 0 Å². The third-order valence-electron chi connectivity index (χ3n) is 3.36. The minimum Gasteiger partial charge on any atom is -0.489 e. The van der Waals surface area contributed by atoms with Crippen LogP contribution in [-0.4, -0.2) is 11.2 Å². The van der Waals surface area contributed by atoms with E-state index in [1.165, 1.54) is 12.8 Å². The predicted molar refractivity (Wildman–Crippen MR) is 72.1 cm³/mol. The van der Waals surface area contributed by atoms with E-state index in [9.17, 15) is 0 Å². The highest BCUT2D eigenvalue weighted by molar-refractivity contribution is 9.10. The summed E-state index contributed by atoms with van der Waals surface area (Å²) in [4.78, 5) is 0. The number of hydrogen-bond donors (Lipinski definition) is 1. The quantitative estimate of drug-likeness (QED) is 0.917. The molecule has 0 radical (unpaired) electrons. The van der Waals surface area contributed by atoms with Crippen molar-refractivity contribution >= 4 is 15.9 Å². The Kier molecular flexibility index (Phi) is 4.46. The molecule has 0 saturated heterocycles. The zero-order valence-corrected chi connectivity index (χ0v) is 11.7. The molecule has 0 amide bonds. The lowest BCUT2D eigenvalue weighted by atomic mass is 9.89. The zero-order chi connectivity index (χ0) is 12.3. The maximum Gasteiger partial charge on any atom is 0.133 e. The van der Waals surface area contributed by atoms with Crippen molar-refractivity contribution in [3.8, 4) is 5.75 Å². The van der Waals surface area contributed by atoms with Crippen molar-refractivity contribution in [3.05, 3.63) is 28.2 Å². The SMILES string of the molecule is CC1CCCC(Oc2ccc(CO)cc2Br)C1. The zero-order valence-electron chi connectivity index (χ0n) is 10.2. The molecule has 2 nitrogen and oxygen atoms in total. The van der Waals surface area contributed by atoms with Crippen LogP contribution < -0.4 is 4.74 Å². The van der Waals surface area contributed by atoms with E-state index in [0.29, 0.717) is 6.10 Å². The Morgan fingerprint density at radius 1 is 1.41 bits per heavy atom. The maximum atomic E-state index is 9.05. The maximum absolute atomic E-state index is 9.05. The summed E-state index contributed by atoms with van der Waals surface area (Å²) in [5.74, 6) is 1.66. The normalized spacial score (nSPS) is 24.6. The summed E-state index contributed by atoms with van der Waals surface area (Å²) in [5, 5.41) is 9.05. The topological polar surface area (TPSA) is 29.5 Å². The molecule has 94 valence electrons. The Morgan fingerprint density at radius 3 is 2.88 bits per heavy atom. The van der Waals surface area contributed by atoms with Gasteiger partial charge in [0, 0.05) is 0 Å². The molecule has 2 rings (SSSR count). The van der Waals surface area contributed by atoms with Crippen LogP contribution in [-0.2, 0) is 6.61 Å². The second-order valence-corrected chi connectivity index (χ2v) is 5.79. The van der Waals surface area contributed by atoms with Gasteiger partial charge in [0.2, 0.25) is 0 Å². The largest absolute Gasteiger partial charge is 0.489 e. The van der Waals surface area contributed by atoms with E-state index in [0.717, 1.165) is 34.5 Å². The molecule has 2 atom stereocenters. The molecule has 0 aliphatic heterocycles. The molecule has 1 fully saturated rings. The average Bonchev–Trinajstić information content (AvgIpc) is 2.32. The van der Waals surface area contributed by atoms with E-state index in [4.69, 9.17) is 9.84 Å². The summed E-state index contributed by atoms with van der Waals surface area (Å²) in [6, 6.07) is 5.77. The van der Waals surface area contributed by atoms with E-state index >= 15 is 0 Å². The van der Waals surface area contributed by atoms with E-state index in [-0.39, 0.29) is 6.61 Å². The summed E-state index contributed by atoms with van der Waals surface area (Å²) in [6.45, 7) is 2.36. The van der Waals surface area contributed by atoms with Gasteiger partial charge in [0.1, 0.15) is 5.75 Å². The predicted octanol–water partition coefficient (Wildman–Crippen LogP) is 3.90. The van der Waals surface area contributed by atoms with Gasteiger partial charge in [-0.2, -0.15) is 0 Å². The standard InChI is InChI=1S/C14H19BrO2/c1-10-3-2-4-12(7-10)17-14-6-5-11(9-16)8-13(14)15/h5-6,8,10,12,16H,2-4,7,9H2,1H3. The molecule has 2 unspecified atom stereocenters. The van der Waals surface area contributed by atoms with E-state index in [1.54, 1.807) is 0 Å². The van der Waals surface area contributed by atoms with Crippen molar-refractivity contribution < 1.29 is 9.84 Å². The second kappa shape index (κ2) is 5.87. The molecular weight excluding hydrogens is 280 g/mol. The fourth-order valence-electron chi connectivity index (χ4n) is 2.40. The van der Waals surface area contributed by atoms with E-state index < -0.39 is 0 Å². The van der Waals surface area contributed by atoms with Gasteiger partial charge in [0.15, 0.2) is 0 Å². The van der Waals surface area contributed by atoms with Gasteiger partial charge in [-0.15, -0.1) is 0 Å². The van der Waals surface area contributed by atoms with Gasteiger partial charge >= 0.3 is 0 Å². The average molecular weight is 299 g/mol. The number of aliphatic hydroxyl groups excluding tert-OH is 1. The Labute approximate surface area is 111 Å². The molecule has 0 heterocycles. The number of benzene rings is 1. The lowest BCUT2D eigenvalue weighted by Gasteiger charge is -2.27. The molecule has 17 heavy (non-hydrogen) atoms. The molecule has 0 aromatic heterocycles. The van der Waals surface area contributed by atoms with Crippen LogP contribution in [0.2, 0.25) is 0 Å². The number of rotatable bonds is 3. The molecule has 1 N–H and O–H groups in total. The van der Waals surface area contributed by atoms with Gasteiger partial charge in [-0.3, -0.25) is 0 Å². The van der Waals surface area contributed by atoms with Crippen molar-refractivity contribution in [1.82, 2.24) is 0 Å². The molecule has 1 saturated carbocycles. The van der Waals surface area contributed by atoms with Crippen molar-refractivity contribution in [2.45, 2.75) is 45.3 Å². The van der Waals surface area contributed by atoms with Gasteiger partial charge in [-0.1, -0.05) is 19.4 Å². The number of halogens is 1. The first-order valence-electron chi connectivity index (χ1n) is 6.25. The number of aliphatic hydroxyl groups is 1. The third kappa shape index (κ3) is 3.46. The molecule has 0 bridgehead atoms. The van der Waals surface area contributed by atoms with Crippen LogP contribution >= 0.6 is 15.9 Å². The Morgan fingerprint density at radius 2 is 2.24 bits per heavy atom. The summed E-state index contributed by atoms with van der Waals surface area (Å²) in [5.41, 5.74) is 0.904. The van der Waals surface area contributed by atoms with Gasteiger partial charge in [0.25, 0.3) is 0 Å². The smallest absolute Gasteiger partial charge is 0.133 e. The Balaban J connectivity index is 2.02. The fraction of sp³-hybridized carbons (Fsp3) is 0.571. The van der Waals surface area contributed by atoms with E-state index in [2.05, 4.69) is 22.9 Å². The highest BCUT2D eigenvalue weighted by Gasteiger charge is 2.20. The second-order valence-electron chi connectivity index (χ2n) is 4.93. The summed E-state index contributed by atoms with van der Waals surface area (Å²) < 4.78 is 6.96. The minimum absolute atomic E-state index is 0.0688. The minimum atomic E-state index is 0.0688. The molecule has 3 heteroatoms. The molecule has 1 aromatic rings. The molecule has 1 aliphatic rings. The van der Waals surface area contributed by atoms with Crippen LogP contribution in [0.25, 0.3) is 0 Å². The van der Waals surface area contributed by atoms with Crippen LogP contribution in [0, 0.1) is 5.92 Å². The van der Waals surface area contributed by atoms with Crippen molar-refractivity contribution in [2.24, 2.45) is 5.92 Å². The fourth-order valence-corrected chi connectivity index (χ4v) is 2.92. The highest BCUT2D eigenvalue weighted by atomic mass is 79.9. The summed E-state index contributed by atoms with van der Waals surface area (Å²) >= 11 is 3.49. The first kappa shape index (κ1) is 12.9. The van der Waals surface area contributed by atoms with Gasteiger partial charge in [-0.25, -0.2) is 0 Å². The Bertz CT molecular complexity index is 378. The van der Waals surface area contributed by atoms with Crippen LogP contribution in [0.15, 0.2) is 22.7 Å². The van der Waals surface area contributed by atoms with Crippen molar-refractivity contribution in [2.75, 3.05) is 0 Å². The molecular formula is C14H19BrO2. The van der Waals surface area contributed by atoms with Gasteiger partial charge in [0.05, 0.1) is 17.2 Å². The molecule has 0 spiro atoms. The van der Waals surface area contributed by atoms with Crippen molar-refractivity contribution in [1.29, 1.82) is 0 Å². The van der Waals surface area contributed by atoms with E-state index in [1.807, 2.05) is 18.2 Å².